The van der Waals surface area contributed by atoms with E-state index in [-0.39, 0.29) is 22.9 Å². The van der Waals surface area contributed by atoms with E-state index < -0.39 is 11.7 Å². The number of anilines is 1. The number of benzene rings is 1. The van der Waals surface area contributed by atoms with Gasteiger partial charge in [0, 0.05) is 17.2 Å². The number of nitrogens with one attached hydrogen (secondary N) is 2. The number of rotatable bonds is 4. The number of halogens is 1. The maximum absolute atomic E-state index is 13.5. The number of H-pyrrole nitrogens is 1. The highest BCUT2D eigenvalue weighted by molar-refractivity contribution is 6.04. The molecule has 0 fully saturated rings. The summed E-state index contributed by atoms with van der Waals surface area (Å²) in [6.45, 7) is 0. The molecule has 0 saturated carbocycles. The highest BCUT2D eigenvalue weighted by atomic mass is 19.1. The van der Waals surface area contributed by atoms with Crippen molar-refractivity contribution in [2.75, 3.05) is 5.32 Å². The lowest BCUT2D eigenvalue weighted by Gasteiger charge is -2.15. The second kappa shape index (κ2) is 7.67. The van der Waals surface area contributed by atoms with Gasteiger partial charge in [0.1, 0.15) is 17.3 Å². The third kappa shape index (κ3) is 3.65. The van der Waals surface area contributed by atoms with Crippen molar-refractivity contribution in [3.05, 3.63) is 81.7 Å². The van der Waals surface area contributed by atoms with Crippen molar-refractivity contribution in [2.45, 2.75) is 25.7 Å². The SMILES string of the molecule is O=C(Nc1cc(-c2ccco2)nn1-c1nc2c(c(=O)[nH]1)CCCC2)c1cccc(F)c1. The van der Waals surface area contributed by atoms with Crippen LogP contribution in [0, 0.1) is 5.82 Å². The van der Waals surface area contributed by atoms with Crippen molar-refractivity contribution in [3.63, 3.8) is 0 Å². The summed E-state index contributed by atoms with van der Waals surface area (Å²) in [5.41, 5.74) is 1.82. The van der Waals surface area contributed by atoms with E-state index in [1.165, 1.54) is 29.1 Å². The van der Waals surface area contributed by atoms with E-state index in [9.17, 15) is 14.0 Å². The Morgan fingerprint density at radius 1 is 1.16 bits per heavy atom. The Labute approximate surface area is 175 Å². The number of nitrogens with zero attached hydrogens (tertiary/aromatic N) is 3. The Morgan fingerprint density at radius 3 is 2.84 bits per heavy atom. The molecule has 0 spiro atoms. The third-order valence-electron chi connectivity index (χ3n) is 5.19. The van der Waals surface area contributed by atoms with Crippen molar-refractivity contribution < 1.29 is 13.6 Å². The number of carbonyl (C=O) groups excluding carboxylic acids is 1. The molecule has 9 heteroatoms. The van der Waals surface area contributed by atoms with Crippen LogP contribution < -0.4 is 10.9 Å². The highest BCUT2D eigenvalue weighted by Crippen LogP contribution is 2.25. The van der Waals surface area contributed by atoms with E-state index in [1.54, 1.807) is 18.2 Å². The van der Waals surface area contributed by atoms with Crippen LogP contribution >= 0.6 is 0 Å². The quantitative estimate of drug-likeness (QED) is 0.527. The molecule has 0 atom stereocenters. The van der Waals surface area contributed by atoms with Crippen molar-refractivity contribution >= 4 is 11.7 Å². The van der Waals surface area contributed by atoms with Gasteiger partial charge in [-0.1, -0.05) is 6.07 Å². The van der Waals surface area contributed by atoms with Gasteiger partial charge in [-0.2, -0.15) is 9.78 Å². The van der Waals surface area contributed by atoms with Crippen molar-refractivity contribution in [3.8, 4) is 17.4 Å². The molecule has 1 aliphatic carbocycles. The number of aromatic amines is 1. The first-order valence-corrected chi connectivity index (χ1v) is 9.92. The maximum atomic E-state index is 13.5. The summed E-state index contributed by atoms with van der Waals surface area (Å²) in [4.78, 5) is 32.7. The van der Waals surface area contributed by atoms with E-state index in [0.717, 1.165) is 24.6 Å². The molecule has 1 aliphatic rings. The number of aryl methyl sites for hydroxylation is 1. The van der Waals surface area contributed by atoms with Crippen LogP contribution in [0.4, 0.5) is 10.2 Å². The Hall–Kier alpha value is -4.01. The van der Waals surface area contributed by atoms with Crippen molar-refractivity contribution in [2.24, 2.45) is 0 Å². The van der Waals surface area contributed by atoms with Crippen LogP contribution in [0.3, 0.4) is 0 Å². The van der Waals surface area contributed by atoms with Gasteiger partial charge < -0.3 is 9.73 Å². The minimum Gasteiger partial charge on any atom is -0.463 e. The summed E-state index contributed by atoms with van der Waals surface area (Å²) in [6, 6.07) is 10.4. The lowest BCUT2D eigenvalue weighted by molar-refractivity contribution is 0.102. The van der Waals surface area contributed by atoms with Crippen LogP contribution in [-0.2, 0) is 12.8 Å². The molecule has 1 aromatic carbocycles. The molecule has 4 aromatic rings. The minimum atomic E-state index is -0.521. The van der Waals surface area contributed by atoms with E-state index >= 15 is 0 Å². The normalized spacial score (nSPS) is 13.1. The van der Waals surface area contributed by atoms with Crippen LogP contribution in [0.5, 0.6) is 0 Å². The number of hydrogen-bond donors (Lipinski definition) is 2. The molecule has 2 N–H and O–H groups in total. The van der Waals surface area contributed by atoms with Crippen molar-refractivity contribution in [1.82, 2.24) is 19.7 Å². The van der Waals surface area contributed by atoms with Crippen LogP contribution in [0.2, 0.25) is 0 Å². The molecule has 0 bridgehead atoms. The number of furan rings is 1. The summed E-state index contributed by atoms with van der Waals surface area (Å²) < 4.78 is 20.3. The van der Waals surface area contributed by atoms with Crippen LogP contribution in [0.1, 0.15) is 34.5 Å². The Bertz CT molecular complexity index is 1320. The van der Waals surface area contributed by atoms with Gasteiger partial charge >= 0.3 is 0 Å². The molecule has 3 heterocycles. The molecule has 0 aliphatic heterocycles. The van der Waals surface area contributed by atoms with E-state index in [4.69, 9.17) is 4.42 Å². The zero-order valence-electron chi connectivity index (χ0n) is 16.4. The Morgan fingerprint density at radius 2 is 2.03 bits per heavy atom. The molecule has 8 nitrogen and oxygen atoms in total. The topological polar surface area (TPSA) is 106 Å². The number of amides is 1. The molecule has 31 heavy (non-hydrogen) atoms. The Balaban J connectivity index is 1.59. The monoisotopic (exact) mass is 419 g/mol. The van der Waals surface area contributed by atoms with E-state index in [2.05, 4.69) is 20.4 Å². The first-order chi connectivity index (χ1) is 15.1. The second-order valence-electron chi connectivity index (χ2n) is 7.29. The average Bonchev–Trinajstić information content (AvgIpc) is 3.44. The molecule has 0 radical (unpaired) electrons. The predicted molar refractivity (Wildman–Crippen MR) is 111 cm³/mol. The lowest BCUT2D eigenvalue weighted by Crippen LogP contribution is -2.24. The highest BCUT2D eigenvalue weighted by Gasteiger charge is 2.21. The van der Waals surface area contributed by atoms with Gasteiger partial charge in [-0.3, -0.25) is 14.6 Å². The van der Waals surface area contributed by atoms with E-state index in [0.29, 0.717) is 29.9 Å². The molecule has 5 rings (SSSR count). The minimum absolute atomic E-state index is 0.152. The maximum Gasteiger partial charge on any atom is 0.256 e. The largest absolute Gasteiger partial charge is 0.463 e. The fraction of sp³-hybridized carbons (Fsp3) is 0.182. The zero-order valence-corrected chi connectivity index (χ0v) is 16.4. The predicted octanol–water partition coefficient (Wildman–Crippen LogP) is 3.49. The number of hydrogen-bond acceptors (Lipinski definition) is 5. The third-order valence-corrected chi connectivity index (χ3v) is 5.19. The average molecular weight is 419 g/mol. The zero-order chi connectivity index (χ0) is 21.4. The van der Waals surface area contributed by atoms with Crippen LogP contribution in [-0.4, -0.2) is 25.7 Å². The summed E-state index contributed by atoms with van der Waals surface area (Å²) in [7, 11) is 0. The van der Waals surface area contributed by atoms with Gasteiger partial charge in [0.15, 0.2) is 5.76 Å². The first kappa shape index (κ1) is 19.0. The molecule has 156 valence electrons. The standard InChI is InChI=1S/C22H18FN5O3/c23-14-6-3-5-13(11-14)20(29)25-19-12-17(18-9-4-10-31-18)27-28(19)22-24-16-8-2-1-7-15(16)21(30)26-22/h3-6,9-12H,1-2,7-8H2,(H,25,29)(H,24,26,30). The number of fused-ring (bicyclic) bond motifs is 1. The van der Waals surface area contributed by atoms with Crippen LogP contribution in [0.25, 0.3) is 17.4 Å². The summed E-state index contributed by atoms with van der Waals surface area (Å²) >= 11 is 0. The van der Waals surface area contributed by atoms with Gasteiger partial charge in [-0.15, -0.1) is 0 Å². The molecular weight excluding hydrogens is 401 g/mol. The molecule has 1 amide bonds. The van der Waals surface area contributed by atoms with E-state index in [1.807, 2.05) is 0 Å². The smallest absolute Gasteiger partial charge is 0.256 e. The van der Waals surface area contributed by atoms with Gasteiger partial charge in [0.2, 0.25) is 5.95 Å². The first-order valence-electron chi connectivity index (χ1n) is 9.92. The summed E-state index contributed by atoms with van der Waals surface area (Å²) in [5, 5.41) is 7.20. The molecule has 0 saturated heterocycles. The van der Waals surface area contributed by atoms with Gasteiger partial charge in [-0.05, 0) is 56.0 Å². The second-order valence-corrected chi connectivity index (χ2v) is 7.29. The molecule has 0 unspecified atom stereocenters. The molecule has 3 aromatic heterocycles. The van der Waals surface area contributed by atoms with Gasteiger partial charge in [-0.25, -0.2) is 9.37 Å². The van der Waals surface area contributed by atoms with Crippen LogP contribution in [0.15, 0.2) is 57.9 Å². The molecular formula is C22H18FN5O3. The number of carbonyl (C=O) groups is 1. The fourth-order valence-electron chi connectivity index (χ4n) is 3.68. The summed E-state index contributed by atoms with van der Waals surface area (Å²) in [6.07, 6.45) is 4.83. The fourth-order valence-corrected chi connectivity index (χ4v) is 3.68. The van der Waals surface area contributed by atoms with Gasteiger partial charge in [0.25, 0.3) is 11.5 Å². The van der Waals surface area contributed by atoms with Gasteiger partial charge in [0.05, 0.1) is 12.0 Å². The summed E-state index contributed by atoms with van der Waals surface area (Å²) in [5.74, 6) is -0.0945. The van der Waals surface area contributed by atoms with Crippen molar-refractivity contribution in [1.29, 1.82) is 0 Å². The number of aromatic nitrogens is 4. The lowest BCUT2D eigenvalue weighted by atomic mass is 9.97. The Kier molecular flexibility index (Phi) is 4.70.